The fourth-order valence-electron chi connectivity index (χ4n) is 4.11. The van der Waals surface area contributed by atoms with Gasteiger partial charge in [0.25, 0.3) is 11.6 Å². The molecule has 5 rings (SSSR count). The van der Waals surface area contributed by atoms with E-state index in [0.29, 0.717) is 16.0 Å². The topological polar surface area (TPSA) is 92.9 Å². The number of hydrogen-bond donors (Lipinski definition) is 1. The summed E-state index contributed by atoms with van der Waals surface area (Å²) in [7, 11) is -2.56. The number of carbonyl (C=O) groups excluding carboxylic acids is 1. The molecule has 9 heteroatoms. The molecule has 0 bridgehead atoms. The first kappa shape index (κ1) is 22.5. The zero-order chi connectivity index (χ0) is 23.9. The van der Waals surface area contributed by atoms with E-state index in [9.17, 15) is 24.4 Å². The van der Waals surface area contributed by atoms with Gasteiger partial charge in [0.1, 0.15) is 5.82 Å². The summed E-state index contributed by atoms with van der Waals surface area (Å²) in [6.45, 7) is 0.406. The number of nitro benzene ring substituents is 1. The number of halogens is 1. The molecule has 3 aromatic rings. The van der Waals surface area contributed by atoms with E-state index in [0.717, 1.165) is 17.7 Å². The standard InChI is InChI=1S/C25H23FN2O5S/c26-19-7-11-21(12-8-19)34(33-17-25(16-29)13-14-25)23-4-2-1-3-22(23)24(30)27(34)15-18-5-9-20(10-6-18)28(31)32/h1-12,29H,13-17H2. The van der Waals surface area contributed by atoms with Crippen LogP contribution >= 0.6 is 10.5 Å². The van der Waals surface area contributed by atoms with Crippen LogP contribution in [0.1, 0.15) is 28.8 Å². The van der Waals surface area contributed by atoms with Crippen LogP contribution in [0.2, 0.25) is 0 Å². The van der Waals surface area contributed by atoms with Gasteiger partial charge >= 0.3 is 0 Å². The Bertz CT molecular complexity index is 1250. The lowest BCUT2D eigenvalue weighted by Gasteiger charge is -2.44. The quantitative estimate of drug-likeness (QED) is 0.351. The van der Waals surface area contributed by atoms with Gasteiger partial charge < -0.3 is 9.29 Å². The first-order valence-corrected chi connectivity index (χ1v) is 12.4. The maximum atomic E-state index is 13.9. The summed E-state index contributed by atoms with van der Waals surface area (Å²) in [5.41, 5.74) is 0.849. The number of nitro groups is 1. The predicted molar refractivity (Wildman–Crippen MR) is 125 cm³/mol. The lowest BCUT2D eigenvalue weighted by atomic mass is 10.1. The van der Waals surface area contributed by atoms with Crippen molar-refractivity contribution in [2.45, 2.75) is 29.2 Å². The number of hydrogen-bond acceptors (Lipinski definition) is 5. The van der Waals surface area contributed by atoms with Crippen molar-refractivity contribution in [2.75, 3.05) is 13.2 Å². The van der Waals surface area contributed by atoms with Crippen molar-refractivity contribution in [3.05, 3.63) is 99.9 Å². The summed E-state index contributed by atoms with van der Waals surface area (Å²) in [6, 6.07) is 19.3. The Kier molecular flexibility index (Phi) is 5.63. The fraction of sp³-hybridized carbons (Fsp3) is 0.240. The van der Waals surface area contributed by atoms with Gasteiger partial charge in [-0.05, 0) is 54.8 Å². The van der Waals surface area contributed by atoms with Gasteiger partial charge in [0.05, 0.1) is 30.2 Å². The van der Waals surface area contributed by atoms with Crippen LogP contribution < -0.4 is 0 Å². The van der Waals surface area contributed by atoms with Gasteiger partial charge in [-0.15, -0.1) is 0 Å². The van der Waals surface area contributed by atoms with Crippen LogP contribution in [0.5, 0.6) is 0 Å². The van der Waals surface area contributed by atoms with Crippen LogP contribution in [0.4, 0.5) is 10.1 Å². The zero-order valence-electron chi connectivity index (χ0n) is 18.2. The Labute approximate surface area is 197 Å². The van der Waals surface area contributed by atoms with E-state index < -0.39 is 21.2 Å². The Hall–Kier alpha value is -3.27. The average Bonchev–Trinajstić information content (AvgIpc) is 3.60. The highest BCUT2D eigenvalue weighted by atomic mass is 32.3. The number of aliphatic hydroxyl groups excluding tert-OH is 1. The van der Waals surface area contributed by atoms with Crippen molar-refractivity contribution in [3.8, 4) is 0 Å². The second kappa shape index (κ2) is 8.50. The van der Waals surface area contributed by atoms with Crippen LogP contribution in [0, 0.1) is 21.3 Å². The van der Waals surface area contributed by atoms with E-state index in [1.807, 2.05) is 12.1 Å². The number of rotatable bonds is 8. The SMILES string of the molecule is O=C1c2ccccc2S(OCC2(CO)CC2)(c2ccc(F)cc2)N1Cc1ccc([N+](=O)[O-])cc1. The van der Waals surface area contributed by atoms with Crippen molar-refractivity contribution in [1.82, 2.24) is 4.31 Å². The smallest absolute Gasteiger partial charge is 0.269 e. The highest BCUT2D eigenvalue weighted by molar-refractivity contribution is 8.28. The zero-order valence-corrected chi connectivity index (χ0v) is 19.0. The lowest BCUT2D eigenvalue weighted by Crippen LogP contribution is -2.31. The minimum absolute atomic E-state index is 0.0100. The van der Waals surface area contributed by atoms with Gasteiger partial charge in [-0.3, -0.25) is 19.2 Å². The predicted octanol–water partition coefficient (Wildman–Crippen LogP) is 5.23. The fourth-order valence-corrected chi connectivity index (χ4v) is 7.55. The van der Waals surface area contributed by atoms with Crippen molar-refractivity contribution < 1.29 is 23.4 Å². The molecule has 7 nitrogen and oxygen atoms in total. The summed E-state index contributed by atoms with van der Waals surface area (Å²) >= 11 is 0. The Morgan fingerprint density at radius 3 is 2.35 bits per heavy atom. The van der Waals surface area contributed by atoms with E-state index >= 15 is 0 Å². The normalized spacial score (nSPS) is 22.2. The third kappa shape index (κ3) is 3.75. The number of benzene rings is 3. The van der Waals surface area contributed by atoms with Crippen molar-refractivity contribution in [2.24, 2.45) is 5.41 Å². The Morgan fingerprint density at radius 2 is 1.74 bits per heavy atom. The van der Waals surface area contributed by atoms with Gasteiger partial charge in [0.2, 0.25) is 0 Å². The molecule has 1 heterocycles. The molecule has 1 unspecified atom stereocenters. The van der Waals surface area contributed by atoms with Crippen molar-refractivity contribution in [1.29, 1.82) is 0 Å². The highest BCUT2D eigenvalue weighted by Gasteiger charge is 2.51. The molecule has 2 aliphatic rings. The van der Waals surface area contributed by atoms with Crippen molar-refractivity contribution >= 4 is 22.1 Å². The number of non-ortho nitro benzene ring substituents is 1. The minimum atomic E-state index is -2.56. The Morgan fingerprint density at radius 1 is 1.06 bits per heavy atom. The molecule has 1 atom stereocenters. The largest absolute Gasteiger partial charge is 0.396 e. The van der Waals surface area contributed by atoms with Crippen LogP contribution in [0.3, 0.4) is 0 Å². The summed E-state index contributed by atoms with van der Waals surface area (Å²) in [5, 5.41) is 20.9. The van der Waals surface area contributed by atoms with Gasteiger partial charge in [-0.2, -0.15) is 0 Å². The monoisotopic (exact) mass is 482 g/mol. The molecule has 0 radical (unpaired) electrons. The summed E-state index contributed by atoms with van der Waals surface area (Å²) < 4.78 is 22.2. The molecule has 1 aliphatic carbocycles. The van der Waals surface area contributed by atoms with Crippen LogP contribution in [0.15, 0.2) is 82.6 Å². The second-order valence-corrected chi connectivity index (χ2v) is 11.3. The van der Waals surface area contributed by atoms with Gasteiger partial charge in [-0.1, -0.05) is 24.3 Å². The van der Waals surface area contributed by atoms with Crippen molar-refractivity contribution in [3.63, 3.8) is 0 Å². The third-order valence-electron chi connectivity index (χ3n) is 6.39. The maximum absolute atomic E-state index is 13.9. The average molecular weight is 483 g/mol. The number of carbonyl (C=O) groups is 1. The molecule has 176 valence electrons. The molecule has 1 aliphatic heterocycles. The van der Waals surface area contributed by atoms with E-state index in [1.165, 1.54) is 24.3 Å². The van der Waals surface area contributed by atoms with E-state index in [2.05, 4.69) is 0 Å². The summed E-state index contributed by atoms with van der Waals surface area (Å²) in [4.78, 5) is 25.7. The number of fused-ring (bicyclic) bond motifs is 1. The van der Waals surface area contributed by atoms with E-state index in [4.69, 9.17) is 4.18 Å². The van der Waals surface area contributed by atoms with Crippen LogP contribution in [-0.2, 0) is 10.7 Å². The maximum Gasteiger partial charge on any atom is 0.269 e. The number of amides is 1. The third-order valence-corrected chi connectivity index (χ3v) is 9.62. The van der Waals surface area contributed by atoms with E-state index in [-0.39, 0.29) is 36.8 Å². The molecule has 1 amide bonds. The summed E-state index contributed by atoms with van der Waals surface area (Å²) in [6.07, 6.45) is 1.67. The molecule has 1 saturated carbocycles. The molecule has 3 aromatic carbocycles. The van der Waals surface area contributed by atoms with Gasteiger partial charge in [0.15, 0.2) is 0 Å². The lowest BCUT2D eigenvalue weighted by molar-refractivity contribution is -0.384. The minimum Gasteiger partial charge on any atom is -0.396 e. The number of aliphatic hydroxyl groups is 1. The van der Waals surface area contributed by atoms with Gasteiger partial charge in [0, 0.05) is 37.8 Å². The van der Waals surface area contributed by atoms with Crippen LogP contribution in [-0.4, -0.2) is 33.5 Å². The molecule has 0 aromatic heterocycles. The molecule has 0 spiro atoms. The second-order valence-electron chi connectivity index (χ2n) is 8.66. The Balaban J connectivity index is 1.63. The van der Waals surface area contributed by atoms with Crippen LogP contribution in [0.25, 0.3) is 0 Å². The first-order chi connectivity index (χ1) is 16.4. The molecular weight excluding hydrogens is 459 g/mol. The summed E-state index contributed by atoms with van der Waals surface area (Å²) in [5.74, 6) is -0.617. The molecule has 1 N–H and O–H groups in total. The molecule has 34 heavy (non-hydrogen) atoms. The van der Waals surface area contributed by atoms with Gasteiger partial charge in [-0.25, -0.2) is 4.39 Å². The number of nitrogens with zero attached hydrogens (tertiary/aromatic N) is 2. The van der Waals surface area contributed by atoms with E-state index in [1.54, 1.807) is 40.7 Å². The molecular formula is C25H23FN2O5S. The molecule has 1 fully saturated rings. The first-order valence-electron chi connectivity index (χ1n) is 10.9. The molecule has 0 saturated heterocycles. The highest BCUT2D eigenvalue weighted by Crippen LogP contribution is 2.71.